The van der Waals surface area contributed by atoms with E-state index in [1.54, 1.807) is 11.3 Å². The third kappa shape index (κ3) is 3.30. The van der Waals surface area contributed by atoms with E-state index in [0.29, 0.717) is 12.5 Å². The van der Waals surface area contributed by atoms with Crippen molar-refractivity contribution in [3.63, 3.8) is 0 Å². The topological polar surface area (TPSA) is 40.5 Å². The van der Waals surface area contributed by atoms with E-state index >= 15 is 0 Å². The van der Waals surface area contributed by atoms with Crippen LogP contribution in [0.1, 0.15) is 23.1 Å². The highest BCUT2D eigenvalue weighted by atomic mass is 32.1. The highest BCUT2D eigenvalue weighted by Crippen LogP contribution is 2.25. The van der Waals surface area contributed by atoms with Crippen LogP contribution in [-0.4, -0.2) is 29.1 Å². The number of nitrogens with zero attached hydrogens (tertiary/aromatic N) is 1. The van der Waals surface area contributed by atoms with E-state index in [4.69, 9.17) is 5.11 Å². The molecule has 2 heterocycles. The Morgan fingerprint density at radius 3 is 2.88 bits per heavy atom. The largest absolute Gasteiger partial charge is 0.481 e. The third-order valence-corrected chi connectivity index (χ3v) is 4.25. The molecule has 0 bridgehead atoms. The van der Waals surface area contributed by atoms with Gasteiger partial charge in [0, 0.05) is 29.4 Å². The Balaban J connectivity index is 1.98. The molecule has 1 aliphatic heterocycles. The second kappa shape index (κ2) is 5.19. The van der Waals surface area contributed by atoms with Gasteiger partial charge in [0.1, 0.15) is 0 Å². The molecule has 1 aromatic rings. The van der Waals surface area contributed by atoms with Crippen LogP contribution < -0.4 is 0 Å². The molecule has 1 saturated heterocycles. The Morgan fingerprint density at radius 2 is 2.29 bits per heavy atom. The summed E-state index contributed by atoms with van der Waals surface area (Å²) in [6.45, 7) is 6.85. The Hall–Kier alpha value is -0.870. The van der Waals surface area contributed by atoms with Crippen LogP contribution in [-0.2, 0) is 11.3 Å². The number of carboxylic acids is 1. The first-order chi connectivity index (χ1) is 8.04. The number of hydrogen-bond acceptors (Lipinski definition) is 3. The Kier molecular flexibility index (Phi) is 3.84. The molecule has 0 saturated carbocycles. The molecule has 0 amide bonds. The molecule has 2 atom stereocenters. The zero-order chi connectivity index (χ0) is 12.4. The van der Waals surface area contributed by atoms with Gasteiger partial charge in [0.25, 0.3) is 0 Å². The van der Waals surface area contributed by atoms with Gasteiger partial charge in [-0.15, -0.1) is 11.3 Å². The van der Waals surface area contributed by atoms with Crippen molar-refractivity contribution in [3.05, 3.63) is 21.9 Å². The number of rotatable bonds is 3. The zero-order valence-electron chi connectivity index (χ0n) is 10.3. The third-order valence-electron chi connectivity index (χ3n) is 3.26. The molecule has 2 unspecified atom stereocenters. The van der Waals surface area contributed by atoms with Gasteiger partial charge in [-0.3, -0.25) is 9.69 Å². The lowest BCUT2D eigenvalue weighted by Crippen LogP contribution is -2.41. The predicted molar refractivity (Wildman–Crippen MR) is 69.2 cm³/mol. The molecule has 0 radical (unpaired) electrons. The second-order valence-corrected chi connectivity index (χ2v) is 6.45. The van der Waals surface area contributed by atoms with E-state index in [0.717, 1.165) is 19.5 Å². The average Bonchev–Trinajstić information content (AvgIpc) is 2.63. The van der Waals surface area contributed by atoms with E-state index in [1.807, 2.05) is 0 Å². The lowest BCUT2D eigenvalue weighted by atomic mass is 9.90. The van der Waals surface area contributed by atoms with Crippen LogP contribution in [0.5, 0.6) is 0 Å². The second-order valence-electron chi connectivity index (χ2n) is 5.08. The summed E-state index contributed by atoms with van der Waals surface area (Å²) < 4.78 is 0. The summed E-state index contributed by atoms with van der Waals surface area (Å²) >= 11 is 1.80. The van der Waals surface area contributed by atoms with Crippen LogP contribution >= 0.6 is 11.3 Å². The molecular formula is C13H19NO2S. The van der Waals surface area contributed by atoms with Crippen LogP contribution in [0.15, 0.2) is 12.1 Å². The summed E-state index contributed by atoms with van der Waals surface area (Å²) in [5.74, 6) is -0.366. The summed E-state index contributed by atoms with van der Waals surface area (Å²) in [6, 6.07) is 4.27. The van der Waals surface area contributed by atoms with Crippen molar-refractivity contribution >= 4 is 17.3 Å². The number of hydrogen-bond donors (Lipinski definition) is 1. The van der Waals surface area contributed by atoms with Crippen molar-refractivity contribution in [1.82, 2.24) is 4.90 Å². The maximum atomic E-state index is 11.1. The molecule has 3 nitrogen and oxygen atoms in total. The quantitative estimate of drug-likeness (QED) is 0.900. The van der Waals surface area contributed by atoms with Gasteiger partial charge >= 0.3 is 5.97 Å². The van der Waals surface area contributed by atoms with E-state index in [2.05, 4.69) is 30.9 Å². The van der Waals surface area contributed by atoms with Gasteiger partial charge in [0.15, 0.2) is 0 Å². The Bertz CT molecular complexity index is 402. The monoisotopic (exact) mass is 253 g/mol. The van der Waals surface area contributed by atoms with Gasteiger partial charge in [-0.1, -0.05) is 6.92 Å². The van der Waals surface area contributed by atoms with Gasteiger partial charge < -0.3 is 5.11 Å². The van der Waals surface area contributed by atoms with E-state index in [-0.39, 0.29) is 5.92 Å². The van der Waals surface area contributed by atoms with Gasteiger partial charge in [-0.05, 0) is 31.4 Å². The van der Waals surface area contributed by atoms with Crippen molar-refractivity contribution in [2.24, 2.45) is 11.8 Å². The lowest BCUT2D eigenvalue weighted by Gasteiger charge is -2.34. The molecule has 0 spiro atoms. The normalized spacial score (nSPS) is 26.0. The molecule has 4 heteroatoms. The molecule has 1 fully saturated rings. The summed E-state index contributed by atoms with van der Waals surface area (Å²) in [7, 11) is 0. The van der Waals surface area contributed by atoms with Gasteiger partial charge in [0.05, 0.1) is 5.92 Å². The molecule has 0 aromatic carbocycles. The molecule has 0 aliphatic carbocycles. The fourth-order valence-electron chi connectivity index (χ4n) is 2.56. The minimum Gasteiger partial charge on any atom is -0.481 e. The summed E-state index contributed by atoms with van der Waals surface area (Å²) in [4.78, 5) is 16.0. The van der Waals surface area contributed by atoms with E-state index in [9.17, 15) is 4.79 Å². The highest BCUT2D eigenvalue weighted by molar-refractivity contribution is 7.11. The highest BCUT2D eigenvalue weighted by Gasteiger charge is 2.29. The predicted octanol–water partition coefficient (Wildman–Crippen LogP) is 2.60. The molecule has 1 aliphatic rings. The van der Waals surface area contributed by atoms with Crippen molar-refractivity contribution < 1.29 is 9.90 Å². The summed E-state index contributed by atoms with van der Waals surface area (Å²) in [6.07, 6.45) is 0.815. The fourth-order valence-corrected chi connectivity index (χ4v) is 3.49. The van der Waals surface area contributed by atoms with Crippen LogP contribution in [0, 0.1) is 18.8 Å². The molecule has 94 valence electrons. The fraction of sp³-hybridized carbons (Fsp3) is 0.615. The minimum atomic E-state index is -0.649. The molecule has 2 rings (SSSR count). The van der Waals surface area contributed by atoms with Crippen LogP contribution in [0.3, 0.4) is 0 Å². The van der Waals surface area contributed by atoms with Crippen molar-refractivity contribution in [2.45, 2.75) is 26.8 Å². The smallest absolute Gasteiger partial charge is 0.307 e. The van der Waals surface area contributed by atoms with Crippen LogP contribution in [0.25, 0.3) is 0 Å². The first-order valence-corrected chi connectivity index (χ1v) is 6.86. The van der Waals surface area contributed by atoms with Crippen molar-refractivity contribution in [1.29, 1.82) is 0 Å². The Labute approximate surface area is 106 Å². The molecule has 17 heavy (non-hydrogen) atoms. The lowest BCUT2D eigenvalue weighted by molar-refractivity contribution is -0.144. The summed E-state index contributed by atoms with van der Waals surface area (Å²) in [5, 5.41) is 9.12. The van der Waals surface area contributed by atoms with Crippen molar-refractivity contribution in [2.75, 3.05) is 13.1 Å². The van der Waals surface area contributed by atoms with Crippen molar-refractivity contribution in [3.8, 4) is 0 Å². The number of carbonyl (C=O) groups is 1. The van der Waals surface area contributed by atoms with Crippen LogP contribution in [0.4, 0.5) is 0 Å². The SMILES string of the molecule is Cc1ccc(CN2CC(C)CC(C(=O)O)C2)s1. The van der Waals surface area contributed by atoms with Gasteiger partial charge in [-0.25, -0.2) is 0 Å². The minimum absolute atomic E-state index is 0.195. The number of thiophene rings is 1. The first kappa shape index (κ1) is 12.6. The maximum absolute atomic E-state index is 11.1. The summed E-state index contributed by atoms with van der Waals surface area (Å²) in [5.41, 5.74) is 0. The molecule has 1 N–H and O–H groups in total. The molecular weight excluding hydrogens is 234 g/mol. The number of likely N-dealkylation sites (tertiary alicyclic amines) is 1. The number of carboxylic acid groups (broad SMARTS) is 1. The van der Waals surface area contributed by atoms with E-state index in [1.165, 1.54) is 9.75 Å². The van der Waals surface area contributed by atoms with Gasteiger partial charge in [-0.2, -0.15) is 0 Å². The Morgan fingerprint density at radius 1 is 1.53 bits per heavy atom. The molecule has 1 aromatic heterocycles. The number of aliphatic carboxylic acids is 1. The van der Waals surface area contributed by atoms with E-state index < -0.39 is 5.97 Å². The average molecular weight is 253 g/mol. The zero-order valence-corrected chi connectivity index (χ0v) is 11.2. The number of piperidine rings is 1. The standard InChI is InChI=1S/C13H19NO2S/c1-9-5-11(13(15)16)7-14(6-9)8-12-4-3-10(2)17-12/h3-4,9,11H,5-8H2,1-2H3,(H,15,16). The van der Waals surface area contributed by atoms with Crippen LogP contribution in [0.2, 0.25) is 0 Å². The van der Waals surface area contributed by atoms with Gasteiger partial charge in [0.2, 0.25) is 0 Å². The maximum Gasteiger partial charge on any atom is 0.307 e. The first-order valence-electron chi connectivity index (χ1n) is 6.05. The number of aryl methyl sites for hydroxylation is 1.